The summed E-state index contributed by atoms with van der Waals surface area (Å²) in [5.41, 5.74) is 0.239. The zero-order valence-corrected chi connectivity index (χ0v) is 14.9. The summed E-state index contributed by atoms with van der Waals surface area (Å²) in [6.07, 6.45) is 5.01. The van der Waals surface area contributed by atoms with E-state index in [4.69, 9.17) is 0 Å². The highest BCUT2D eigenvalue weighted by Crippen LogP contribution is 2.37. The molecule has 3 heterocycles. The number of aliphatic hydroxyl groups excluding tert-OH is 1. The Morgan fingerprint density at radius 3 is 2.73 bits per heavy atom. The van der Waals surface area contributed by atoms with E-state index in [1.165, 1.54) is 29.9 Å². The van der Waals surface area contributed by atoms with Crippen LogP contribution in [0.1, 0.15) is 33.0 Å². The van der Waals surface area contributed by atoms with Crippen molar-refractivity contribution in [2.75, 3.05) is 13.1 Å². The van der Waals surface area contributed by atoms with Crippen molar-refractivity contribution in [3.05, 3.63) is 46.7 Å². The molecule has 8 heteroatoms. The molecule has 136 valence electrons. The fraction of sp³-hybridized carbons (Fsp3) is 0.444. The second kappa shape index (κ2) is 7.13. The Kier molecular flexibility index (Phi) is 4.69. The van der Waals surface area contributed by atoms with Crippen LogP contribution in [0.3, 0.4) is 0 Å². The molecule has 2 amide bonds. The van der Waals surface area contributed by atoms with E-state index in [1.54, 1.807) is 0 Å². The molecule has 0 radical (unpaired) electrons. The quantitative estimate of drug-likeness (QED) is 0.844. The Morgan fingerprint density at radius 1 is 1.23 bits per heavy atom. The first-order chi connectivity index (χ1) is 12.6. The van der Waals surface area contributed by atoms with E-state index in [2.05, 4.69) is 15.3 Å². The topological polar surface area (TPSA) is 95.4 Å². The molecule has 0 aromatic carbocycles. The van der Waals surface area contributed by atoms with Crippen molar-refractivity contribution in [3.63, 3.8) is 0 Å². The first-order valence-electron chi connectivity index (χ1n) is 8.69. The standard InChI is InChI=1S/C18H20N4O3S/c23-15-7-12-10-22(18(25)16-2-1-5-26-16)9-11(12)6-13(15)21-17(24)14-8-19-3-4-20-14/h1-5,8,11-13,15,23H,6-7,9-10H2,(H,21,24)/t11-,12+,13-,15-/m0/s1. The van der Waals surface area contributed by atoms with Gasteiger partial charge in [-0.3, -0.25) is 14.6 Å². The number of rotatable bonds is 3. The van der Waals surface area contributed by atoms with E-state index >= 15 is 0 Å². The Labute approximate surface area is 155 Å². The molecule has 4 atom stereocenters. The van der Waals surface area contributed by atoms with Crippen LogP contribution >= 0.6 is 11.3 Å². The molecule has 2 aromatic rings. The molecular weight excluding hydrogens is 352 g/mol. The van der Waals surface area contributed by atoms with Crippen molar-refractivity contribution >= 4 is 23.2 Å². The Balaban J connectivity index is 1.40. The van der Waals surface area contributed by atoms with Crippen LogP contribution in [0.25, 0.3) is 0 Å². The van der Waals surface area contributed by atoms with Crippen molar-refractivity contribution in [2.45, 2.75) is 25.0 Å². The lowest BCUT2D eigenvalue weighted by Gasteiger charge is -2.35. The number of nitrogens with zero attached hydrogens (tertiary/aromatic N) is 3. The highest BCUT2D eigenvalue weighted by Gasteiger charge is 2.43. The molecule has 2 N–H and O–H groups in total. The maximum Gasteiger partial charge on any atom is 0.271 e. The maximum absolute atomic E-state index is 12.6. The lowest BCUT2D eigenvalue weighted by atomic mass is 9.77. The van der Waals surface area contributed by atoms with Gasteiger partial charge in [-0.2, -0.15) is 0 Å². The van der Waals surface area contributed by atoms with Crippen LogP contribution < -0.4 is 5.32 Å². The summed E-state index contributed by atoms with van der Waals surface area (Å²) in [6, 6.07) is 3.39. The first-order valence-corrected chi connectivity index (χ1v) is 9.57. The van der Waals surface area contributed by atoms with E-state index in [0.717, 1.165) is 4.88 Å². The smallest absolute Gasteiger partial charge is 0.271 e. The number of hydrogen-bond donors (Lipinski definition) is 2. The minimum absolute atomic E-state index is 0.0593. The number of fused-ring (bicyclic) bond motifs is 1. The third-order valence-electron chi connectivity index (χ3n) is 5.27. The molecule has 1 saturated heterocycles. The second-order valence-electron chi connectivity index (χ2n) is 6.92. The van der Waals surface area contributed by atoms with Gasteiger partial charge < -0.3 is 15.3 Å². The predicted octanol–water partition coefficient (Wildman–Crippen LogP) is 1.18. The fourth-order valence-electron chi connectivity index (χ4n) is 3.97. The molecule has 1 saturated carbocycles. The van der Waals surface area contributed by atoms with Crippen LogP contribution in [-0.4, -0.2) is 57.0 Å². The Hall–Kier alpha value is -2.32. The molecule has 26 heavy (non-hydrogen) atoms. The summed E-state index contributed by atoms with van der Waals surface area (Å²) in [4.78, 5) is 35.4. The van der Waals surface area contributed by atoms with Gasteiger partial charge in [-0.25, -0.2) is 4.98 Å². The van der Waals surface area contributed by atoms with Crippen LogP contribution in [0.15, 0.2) is 36.1 Å². The molecule has 0 spiro atoms. The number of aliphatic hydroxyl groups is 1. The normalized spacial score (nSPS) is 27.8. The van der Waals surface area contributed by atoms with Gasteiger partial charge in [-0.1, -0.05) is 6.07 Å². The molecule has 0 bridgehead atoms. The molecule has 7 nitrogen and oxygen atoms in total. The summed E-state index contributed by atoms with van der Waals surface area (Å²) >= 11 is 1.45. The average molecular weight is 372 g/mol. The summed E-state index contributed by atoms with van der Waals surface area (Å²) in [5.74, 6) is 0.294. The van der Waals surface area contributed by atoms with Crippen molar-refractivity contribution in [1.82, 2.24) is 20.2 Å². The van der Waals surface area contributed by atoms with Crippen molar-refractivity contribution in [1.29, 1.82) is 0 Å². The SMILES string of the molecule is O=C(N[C@H]1C[C@H]2CN(C(=O)c3cccs3)C[C@H]2C[C@@H]1O)c1cnccn1. The van der Waals surface area contributed by atoms with Gasteiger partial charge in [0.05, 0.1) is 23.2 Å². The number of likely N-dealkylation sites (tertiary alicyclic amines) is 1. The highest BCUT2D eigenvalue weighted by molar-refractivity contribution is 7.12. The van der Waals surface area contributed by atoms with Gasteiger partial charge in [-0.15, -0.1) is 11.3 Å². The van der Waals surface area contributed by atoms with Crippen LogP contribution in [0.4, 0.5) is 0 Å². The zero-order chi connectivity index (χ0) is 18.1. The number of nitrogens with one attached hydrogen (secondary N) is 1. The van der Waals surface area contributed by atoms with E-state index in [1.807, 2.05) is 22.4 Å². The summed E-state index contributed by atoms with van der Waals surface area (Å²) in [7, 11) is 0. The van der Waals surface area contributed by atoms with E-state index < -0.39 is 6.10 Å². The molecule has 0 unspecified atom stereocenters. The van der Waals surface area contributed by atoms with E-state index in [9.17, 15) is 14.7 Å². The average Bonchev–Trinajstić information content (AvgIpc) is 3.32. The number of amides is 2. The van der Waals surface area contributed by atoms with Crippen molar-refractivity contribution < 1.29 is 14.7 Å². The monoisotopic (exact) mass is 372 g/mol. The molecule has 1 aliphatic carbocycles. The number of hydrogen-bond acceptors (Lipinski definition) is 6. The van der Waals surface area contributed by atoms with Gasteiger partial charge >= 0.3 is 0 Å². The minimum atomic E-state index is -0.617. The highest BCUT2D eigenvalue weighted by atomic mass is 32.1. The van der Waals surface area contributed by atoms with Crippen molar-refractivity contribution in [2.24, 2.45) is 11.8 Å². The molecule has 2 aliphatic rings. The Bertz CT molecular complexity index is 783. The fourth-order valence-corrected chi connectivity index (χ4v) is 4.66. The van der Waals surface area contributed by atoms with Gasteiger partial charge in [0.2, 0.25) is 0 Å². The third-order valence-corrected chi connectivity index (χ3v) is 6.13. The van der Waals surface area contributed by atoms with Gasteiger partial charge in [0.15, 0.2) is 0 Å². The lowest BCUT2D eigenvalue weighted by molar-refractivity contribution is 0.0459. The summed E-state index contributed by atoms with van der Waals surface area (Å²) in [5, 5.41) is 15.2. The molecule has 2 fully saturated rings. The summed E-state index contributed by atoms with van der Waals surface area (Å²) in [6.45, 7) is 1.34. The predicted molar refractivity (Wildman–Crippen MR) is 95.7 cm³/mol. The number of aromatic nitrogens is 2. The van der Waals surface area contributed by atoms with Gasteiger partial charge in [0.25, 0.3) is 11.8 Å². The number of thiophene rings is 1. The van der Waals surface area contributed by atoms with Crippen LogP contribution in [0.2, 0.25) is 0 Å². The maximum atomic E-state index is 12.6. The molecule has 4 rings (SSSR count). The first kappa shape index (κ1) is 17.1. The van der Waals surface area contributed by atoms with E-state index in [-0.39, 0.29) is 35.4 Å². The van der Waals surface area contributed by atoms with Gasteiger partial charge in [0, 0.05) is 25.5 Å². The van der Waals surface area contributed by atoms with E-state index in [0.29, 0.717) is 25.9 Å². The largest absolute Gasteiger partial charge is 0.391 e. The summed E-state index contributed by atoms with van der Waals surface area (Å²) < 4.78 is 0. The Morgan fingerprint density at radius 2 is 2.04 bits per heavy atom. The zero-order valence-electron chi connectivity index (χ0n) is 14.1. The van der Waals surface area contributed by atoms with Crippen LogP contribution in [-0.2, 0) is 0 Å². The van der Waals surface area contributed by atoms with Gasteiger partial charge in [-0.05, 0) is 36.1 Å². The molecule has 1 aliphatic heterocycles. The van der Waals surface area contributed by atoms with Gasteiger partial charge in [0.1, 0.15) is 5.69 Å². The minimum Gasteiger partial charge on any atom is -0.391 e. The van der Waals surface area contributed by atoms with Crippen LogP contribution in [0, 0.1) is 11.8 Å². The lowest BCUT2D eigenvalue weighted by Crippen LogP contribution is -2.49. The van der Waals surface area contributed by atoms with Crippen LogP contribution in [0.5, 0.6) is 0 Å². The molecular formula is C18H20N4O3S. The second-order valence-corrected chi connectivity index (χ2v) is 7.86. The van der Waals surface area contributed by atoms with Crippen molar-refractivity contribution in [3.8, 4) is 0 Å². The molecule has 2 aromatic heterocycles. The number of carbonyl (C=O) groups is 2. The number of carbonyl (C=O) groups excluding carboxylic acids is 2. The third kappa shape index (κ3) is 3.34.